The number of ether oxygens (including phenoxy) is 1. The summed E-state index contributed by atoms with van der Waals surface area (Å²) >= 11 is 3.44. The smallest absolute Gasteiger partial charge is 0.305 e. The lowest BCUT2D eigenvalue weighted by Crippen LogP contribution is -2.06. The maximum Gasteiger partial charge on any atom is 0.305 e. The topological polar surface area (TPSA) is 26.3 Å². The average molecular weight is 257 g/mol. The van der Waals surface area contributed by atoms with E-state index in [9.17, 15) is 4.79 Å². The number of esters is 1. The molecule has 0 bridgehead atoms. The lowest BCUT2D eigenvalue weighted by molar-refractivity contribution is -0.143. The van der Waals surface area contributed by atoms with Gasteiger partial charge in [-0.25, -0.2) is 0 Å². The zero-order valence-corrected chi connectivity index (χ0v) is 9.71. The van der Waals surface area contributed by atoms with Crippen molar-refractivity contribution in [2.24, 2.45) is 0 Å². The first-order valence-electron chi connectivity index (χ1n) is 4.63. The van der Waals surface area contributed by atoms with E-state index >= 15 is 0 Å². The van der Waals surface area contributed by atoms with Gasteiger partial charge in [-0.2, -0.15) is 0 Å². The predicted octanol–water partition coefficient (Wildman–Crippen LogP) is 2.94. The Kier molecular flexibility index (Phi) is 4.66. The number of carbonyl (C=O) groups is 1. The maximum absolute atomic E-state index is 10.9. The summed E-state index contributed by atoms with van der Waals surface area (Å²) in [6.07, 6.45) is 1.20. The van der Waals surface area contributed by atoms with E-state index < -0.39 is 0 Å². The summed E-state index contributed by atoms with van der Waals surface area (Å²) in [5, 5.41) is 0. The SMILES string of the molecule is CCC(=O)OCCc1ccccc1Br. The summed E-state index contributed by atoms with van der Waals surface area (Å²) in [6, 6.07) is 7.94. The highest BCUT2D eigenvalue weighted by Gasteiger charge is 2.01. The molecule has 0 fully saturated rings. The lowest BCUT2D eigenvalue weighted by Gasteiger charge is -2.04. The molecule has 0 atom stereocenters. The normalized spacial score (nSPS) is 9.86. The van der Waals surface area contributed by atoms with Crippen molar-refractivity contribution in [1.82, 2.24) is 0 Å². The highest BCUT2D eigenvalue weighted by molar-refractivity contribution is 9.10. The van der Waals surface area contributed by atoms with Gasteiger partial charge in [-0.3, -0.25) is 4.79 Å². The molecule has 0 aromatic heterocycles. The van der Waals surface area contributed by atoms with Crippen LogP contribution in [0.1, 0.15) is 18.9 Å². The molecule has 2 nitrogen and oxygen atoms in total. The molecular weight excluding hydrogens is 244 g/mol. The number of halogens is 1. The van der Waals surface area contributed by atoms with E-state index in [-0.39, 0.29) is 5.97 Å². The molecule has 0 spiro atoms. The van der Waals surface area contributed by atoms with Crippen LogP contribution in [0.5, 0.6) is 0 Å². The number of benzene rings is 1. The van der Waals surface area contributed by atoms with Gasteiger partial charge < -0.3 is 4.74 Å². The Morgan fingerprint density at radius 2 is 2.14 bits per heavy atom. The minimum absolute atomic E-state index is 0.142. The number of hydrogen-bond acceptors (Lipinski definition) is 2. The second kappa shape index (κ2) is 5.81. The van der Waals surface area contributed by atoms with Gasteiger partial charge in [0.05, 0.1) is 6.61 Å². The van der Waals surface area contributed by atoms with E-state index in [0.717, 1.165) is 16.5 Å². The van der Waals surface area contributed by atoms with Gasteiger partial charge >= 0.3 is 5.97 Å². The first kappa shape index (κ1) is 11.2. The summed E-state index contributed by atoms with van der Waals surface area (Å²) in [4.78, 5) is 10.9. The zero-order valence-electron chi connectivity index (χ0n) is 8.13. The first-order chi connectivity index (χ1) is 6.74. The fraction of sp³-hybridized carbons (Fsp3) is 0.364. The van der Waals surface area contributed by atoms with Crippen LogP contribution in [0.4, 0.5) is 0 Å². The average Bonchev–Trinajstić information content (AvgIpc) is 2.20. The van der Waals surface area contributed by atoms with Crippen LogP contribution in [0.2, 0.25) is 0 Å². The quantitative estimate of drug-likeness (QED) is 0.775. The number of rotatable bonds is 4. The Morgan fingerprint density at radius 3 is 2.79 bits per heavy atom. The second-order valence-electron chi connectivity index (χ2n) is 2.92. The minimum Gasteiger partial charge on any atom is -0.465 e. The van der Waals surface area contributed by atoms with Crippen LogP contribution in [0.15, 0.2) is 28.7 Å². The monoisotopic (exact) mass is 256 g/mol. The third-order valence-electron chi connectivity index (χ3n) is 1.88. The van der Waals surface area contributed by atoms with Crippen molar-refractivity contribution in [3.8, 4) is 0 Å². The summed E-state index contributed by atoms with van der Waals surface area (Å²) in [5.41, 5.74) is 1.16. The fourth-order valence-corrected chi connectivity index (χ4v) is 1.56. The van der Waals surface area contributed by atoms with Gasteiger partial charge in [0, 0.05) is 17.3 Å². The molecule has 76 valence electrons. The van der Waals surface area contributed by atoms with Gasteiger partial charge in [-0.1, -0.05) is 41.1 Å². The van der Waals surface area contributed by atoms with Crippen LogP contribution < -0.4 is 0 Å². The Balaban J connectivity index is 2.39. The van der Waals surface area contributed by atoms with Crippen molar-refractivity contribution in [3.05, 3.63) is 34.3 Å². The third kappa shape index (κ3) is 3.50. The molecule has 3 heteroatoms. The van der Waals surface area contributed by atoms with Crippen molar-refractivity contribution < 1.29 is 9.53 Å². The molecule has 0 aliphatic carbocycles. The molecule has 0 heterocycles. The molecule has 0 unspecified atom stereocenters. The van der Waals surface area contributed by atoms with Crippen molar-refractivity contribution in [3.63, 3.8) is 0 Å². The first-order valence-corrected chi connectivity index (χ1v) is 5.42. The lowest BCUT2D eigenvalue weighted by atomic mass is 10.2. The molecule has 0 N–H and O–H groups in total. The number of hydrogen-bond donors (Lipinski definition) is 0. The van der Waals surface area contributed by atoms with Gasteiger partial charge in [0.1, 0.15) is 0 Å². The van der Waals surface area contributed by atoms with Crippen LogP contribution in [-0.2, 0) is 16.0 Å². The minimum atomic E-state index is -0.142. The van der Waals surface area contributed by atoms with E-state index in [4.69, 9.17) is 4.74 Å². The molecule has 1 aromatic rings. The van der Waals surface area contributed by atoms with E-state index in [1.54, 1.807) is 6.92 Å². The molecule has 14 heavy (non-hydrogen) atoms. The van der Waals surface area contributed by atoms with Crippen LogP contribution in [-0.4, -0.2) is 12.6 Å². The predicted molar refractivity (Wildman–Crippen MR) is 59.1 cm³/mol. The third-order valence-corrected chi connectivity index (χ3v) is 2.65. The summed E-state index contributed by atoms with van der Waals surface area (Å²) in [7, 11) is 0. The molecule has 0 aliphatic heterocycles. The van der Waals surface area contributed by atoms with Crippen molar-refractivity contribution in [2.75, 3.05) is 6.61 Å². The van der Waals surface area contributed by atoms with E-state index in [1.807, 2.05) is 24.3 Å². The van der Waals surface area contributed by atoms with E-state index in [1.165, 1.54) is 0 Å². The Labute approximate surface area is 92.4 Å². The van der Waals surface area contributed by atoms with Gasteiger partial charge in [0.25, 0.3) is 0 Å². The van der Waals surface area contributed by atoms with Gasteiger partial charge in [0.15, 0.2) is 0 Å². The summed E-state index contributed by atoms with van der Waals surface area (Å²) < 4.78 is 6.05. The zero-order chi connectivity index (χ0) is 10.4. The Bertz CT molecular complexity index is 310. The summed E-state index contributed by atoms with van der Waals surface area (Å²) in [6.45, 7) is 2.25. The summed E-state index contributed by atoms with van der Waals surface area (Å²) in [5.74, 6) is -0.142. The van der Waals surface area contributed by atoms with E-state index in [2.05, 4.69) is 15.9 Å². The molecular formula is C11H13BrO2. The maximum atomic E-state index is 10.9. The molecule has 0 aliphatic rings. The molecule has 0 amide bonds. The van der Waals surface area contributed by atoms with E-state index in [0.29, 0.717) is 13.0 Å². The van der Waals surface area contributed by atoms with Crippen molar-refractivity contribution >= 4 is 21.9 Å². The molecule has 0 radical (unpaired) electrons. The van der Waals surface area contributed by atoms with Crippen molar-refractivity contribution in [2.45, 2.75) is 19.8 Å². The van der Waals surface area contributed by atoms with Gasteiger partial charge in [-0.05, 0) is 11.6 Å². The molecule has 0 saturated heterocycles. The Morgan fingerprint density at radius 1 is 1.43 bits per heavy atom. The molecule has 0 saturated carbocycles. The van der Waals surface area contributed by atoms with Gasteiger partial charge in [-0.15, -0.1) is 0 Å². The van der Waals surface area contributed by atoms with Gasteiger partial charge in [0.2, 0.25) is 0 Å². The van der Waals surface area contributed by atoms with Crippen LogP contribution in [0.25, 0.3) is 0 Å². The van der Waals surface area contributed by atoms with Crippen LogP contribution >= 0.6 is 15.9 Å². The van der Waals surface area contributed by atoms with Crippen molar-refractivity contribution in [1.29, 1.82) is 0 Å². The Hall–Kier alpha value is -0.830. The van der Waals surface area contributed by atoms with Crippen LogP contribution in [0.3, 0.4) is 0 Å². The molecule has 1 aromatic carbocycles. The highest BCUT2D eigenvalue weighted by atomic mass is 79.9. The highest BCUT2D eigenvalue weighted by Crippen LogP contribution is 2.16. The largest absolute Gasteiger partial charge is 0.465 e. The van der Waals surface area contributed by atoms with Crippen LogP contribution in [0, 0.1) is 0 Å². The second-order valence-corrected chi connectivity index (χ2v) is 3.77. The fourth-order valence-electron chi connectivity index (χ4n) is 1.08. The molecule has 1 rings (SSSR count). The number of carbonyl (C=O) groups excluding carboxylic acids is 1. The standard InChI is InChI=1S/C11H13BrO2/c1-2-11(13)14-8-7-9-5-3-4-6-10(9)12/h3-6H,2,7-8H2,1H3.